The highest BCUT2D eigenvalue weighted by Crippen LogP contribution is 2.29. The molecule has 2 N–H and O–H groups in total. The van der Waals surface area contributed by atoms with Crippen molar-refractivity contribution in [2.75, 3.05) is 7.11 Å². The van der Waals surface area contributed by atoms with E-state index in [0.717, 1.165) is 28.6 Å². The minimum absolute atomic E-state index is 0. The lowest BCUT2D eigenvalue weighted by Crippen LogP contribution is -2.11. The Bertz CT molecular complexity index is 320. The van der Waals surface area contributed by atoms with Gasteiger partial charge in [0.15, 0.2) is 0 Å². The third-order valence-electron chi connectivity index (χ3n) is 2.46. The molecule has 0 saturated heterocycles. The van der Waals surface area contributed by atoms with Crippen LogP contribution in [0.5, 0.6) is 5.75 Å². The van der Waals surface area contributed by atoms with Crippen LogP contribution in [-0.4, -0.2) is 7.11 Å². The third kappa shape index (κ3) is 4.32. The van der Waals surface area contributed by atoms with E-state index in [1.165, 1.54) is 6.42 Å². The molecule has 4 heteroatoms. The van der Waals surface area contributed by atoms with Crippen LogP contribution in [0.2, 0.25) is 0 Å². The lowest BCUT2D eigenvalue weighted by molar-refractivity contribution is 0.403. The molecule has 0 spiro atoms. The van der Waals surface area contributed by atoms with Crippen LogP contribution < -0.4 is 10.5 Å². The van der Waals surface area contributed by atoms with Gasteiger partial charge in [-0.25, -0.2) is 0 Å². The lowest BCUT2D eigenvalue weighted by Gasteiger charge is -2.15. The molecule has 0 unspecified atom stereocenters. The molecular weight excluding hydrogens is 289 g/mol. The van der Waals surface area contributed by atoms with Gasteiger partial charge in [-0.2, -0.15) is 0 Å². The zero-order valence-electron chi connectivity index (χ0n) is 9.70. The minimum Gasteiger partial charge on any atom is -0.496 e. The van der Waals surface area contributed by atoms with Crippen molar-refractivity contribution in [1.82, 2.24) is 0 Å². The van der Waals surface area contributed by atoms with Crippen LogP contribution in [0.4, 0.5) is 0 Å². The van der Waals surface area contributed by atoms with E-state index in [0.29, 0.717) is 0 Å². The Morgan fingerprint density at radius 2 is 2.12 bits per heavy atom. The van der Waals surface area contributed by atoms with Gasteiger partial charge in [-0.3, -0.25) is 0 Å². The summed E-state index contributed by atoms with van der Waals surface area (Å²) in [7, 11) is 1.68. The molecule has 0 aliphatic carbocycles. The van der Waals surface area contributed by atoms with Gasteiger partial charge in [-0.05, 0) is 18.6 Å². The summed E-state index contributed by atoms with van der Waals surface area (Å²) in [5.74, 6) is 0.868. The molecule has 92 valence electrons. The Labute approximate surface area is 112 Å². The van der Waals surface area contributed by atoms with Crippen LogP contribution >= 0.6 is 28.3 Å². The molecule has 0 bridgehead atoms. The summed E-state index contributed by atoms with van der Waals surface area (Å²) in [6, 6.07) is 6.07. The second kappa shape index (κ2) is 7.93. The van der Waals surface area contributed by atoms with Gasteiger partial charge >= 0.3 is 0 Å². The van der Waals surface area contributed by atoms with Crippen molar-refractivity contribution in [3.05, 3.63) is 28.2 Å². The number of rotatable bonds is 5. The predicted molar refractivity (Wildman–Crippen MR) is 74.4 cm³/mol. The topological polar surface area (TPSA) is 35.2 Å². The van der Waals surface area contributed by atoms with Crippen LogP contribution in [0.1, 0.15) is 37.8 Å². The number of ether oxygens (including phenoxy) is 1. The zero-order valence-corrected chi connectivity index (χ0v) is 12.1. The molecular formula is C12H19BrClNO. The standard InChI is InChI=1S/C12H18BrNO.ClH/c1-3-4-5-11(14)10-7-6-9(13)8-12(10)15-2;/h6-8,11H,3-5,14H2,1-2H3;1H/t11-;/m1./s1. The van der Waals surface area contributed by atoms with Gasteiger partial charge in [0.05, 0.1) is 7.11 Å². The predicted octanol–water partition coefficient (Wildman–Crippen LogP) is 4.07. The number of hydrogen-bond donors (Lipinski definition) is 1. The smallest absolute Gasteiger partial charge is 0.124 e. The van der Waals surface area contributed by atoms with Crippen LogP contribution in [0, 0.1) is 0 Å². The largest absolute Gasteiger partial charge is 0.496 e. The zero-order chi connectivity index (χ0) is 11.3. The van der Waals surface area contributed by atoms with Crippen molar-refractivity contribution in [3.8, 4) is 5.75 Å². The number of halogens is 2. The summed E-state index contributed by atoms with van der Waals surface area (Å²) < 4.78 is 6.34. The van der Waals surface area contributed by atoms with E-state index < -0.39 is 0 Å². The van der Waals surface area contributed by atoms with E-state index in [4.69, 9.17) is 10.5 Å². The molecule has 0 saturated carbocycles. The maximum Gasteiger partial charge on any atom is 0.124 e. The molecule has 1 aromatic rings. The number of unbranched alkanes of at least 4 members (excludes halogenated alkanes) is 1. The first-order chi connectivity index (χ1) is 7.19. The highest BCUT2D eigenvalue weighted by Gasteiger charge is 2.11. The molecule has 0 radical (unpaired) electrons. The highest BCUT2D eigenvalue weighted by molar-refractivity contribution is 9.10. The Morgan fingerprint density at radius 3 is 2.69 bits per heavy atom. The molecule has 0 aromatic heterocycles. The Balaban J connectivity index is 0.00000225. The maximum absolute atomic E-state index is 6.11. The molecule has 0 fully saturated rings. The molecule has 0 aliphatic heterocycles. The summed E-state index contributed by atoms with van der Waals surface area (Å²) in [6.07, 6.45) is 3.33. The van der Waals surface area contributed by atoms with Gasteiger partial charge in [-0.15, -0.1) is 12.4 Å². The molecule has 2 nitrogen and oxygen atoms in total. The second-order valence-electron chi connectivity index (χ2n) is 3.63. The first-order valence-corrected chi connectivity index (χ1v) is 6.07. The monoisotopic (exact) mass is 307 g/mol. The van der Waals surface area contributed by atoms with Crippen molar-refractivity contribution in [2.45, 2.75) is 32.2 Å². The van der Waals surface area contributed by atoms with E-state index in [1.807, 2.05) is 18.2 Å². The summed E-state index contributed by atoms with van der Waals surface area (Å²) in [5.41, 5.74) is 7.20. The van der Waals surface area contributed by atoms with Crippen molar-refractivity contribution >= 4 is 28.3 Å². The average Bonchev–Trinajstić information content (AvgIpc) is 2.25. The molecule has 1 rings (SSSR count). The third-order valence-corrected chi connectivity index (χ3v) is 2.96. The van der Waals surface area contributed by atoms with E-state index in [9.17, 15) is 0 Å². The van der Waals surface area contributed by atoms with Crippen molar-refractivity contribution < 1.29 is 4.74 Å². The quantitative estimate of drug-likeness (QED) is 0.890. The summed E-state index contributed by atoms with van der Waals surface area (Å²) in [4.78, 5) is 0. The molecule has 16 heavy (non-hydrogen) atoms. The highest BCUT2D eigenvalue weighted by atomic mass is 79.9. The van der Waals surface area contributed by atoms with E-state index in [2.05, 4.69) is 22.9 Å². The molecule has 1 aromatic carbocycles. The van der Waals surface area contributed by atoms with Crippen LogP contribution in [0.15, 0.2) is 22.7 Å². The van der Waals surface area contributed by atoms with Gasteiger partial charge in [0, 0.05) is 16.1 Å². The van der Waals surface area contributed by atoms with Gasteiger partial charge in [-0.1, -0.05) is 41.8 Å². The van der Waals surface area contributed by atoms with Crippen molar-refractivity contribution in [1.29, 1.82) is 0 Å². The Morgan fingerprint density at radius 1 is 1.44 bits per heavy atom. The lowest BCUT2D eigenvalue weighted by atomic mass is 10.0. The van der Waals surface area contributed by atoms with Crippen LogP contribution in [0.25, 0.3) is 0 Å². The normalized spacial score (nSPS) is 11.8. The number of benzene rings is 1. The van der Waals surface area contributed by atoms with Gasteiger partial charge in [0.1, 0.15) is 5.75 Å². The number of nitrogens with two attached hydrogens (primary N) is 1. The van der Waals surface area contributed by atoms with Gasteiger partial charge in [0.2, 0.25) is 0 Å². The fourth-order valence-electron chi connectivity index (χ4n) is 1.57. The van der Waals surface area contributed by atoms with E-state index in [-0.39, 0.29) is 18.4 Å². The molecule has 0 amide bonds. The SMILES string of the molecule is CCCC[C@@H](N)c1ccc(Br)cc1OC.Cl. The fraction of sp³-hybridized carbons (Fsp3) is 0.500. The van der Waals surface area contributed by atoms with Gasteiger partial charge in [0.25, 0.3) is 0 Å². The van der Waals surface area contributed by atoms with Gasteiger partial charge < -0.3 is 10.5 Å². The van der Waals surface area contributed by atoms with Crippen LogP contribution in [-0.2, 0) is 0 Å². The van der Waals surface area contributed by atoms with E-state index in [1.54, 1.807) is 7.11 Å². The Kier molecular flexibility index (Phi) is 7.81. The molecule has 1 atom stereocenters. The summed E-state index contributed by atoms with van der Waals surface area (Å²) in [5, 5.41) is 0. The van der Waals surface area contributed by atoms with E-state index >= 15 is 0 Å². The van der Waals surface area contributed by atoms with Crippen LogP contribution in [0.3, 0.4) is 0 Å². The second-order valence-corrected chi connectivity index (χ2v) is 4.55. The minimum atomic E-state index is 0. The average molecular weight is 309 g/mol. The number of methoxy groups -OCH3 is 1. The Hall–Kier alpha value is -0.250. The first kappa shape index (κ1) is 15.8. The maximum atomic E-state index is 6.11. The summed E-state index contributed by atoms with van der Waals surface area (Å²) >= 11 is 3.42. The summed E-state index contributed by atoms with van der Waals surface area (Å²) in [6.45, 7) is 2.17. The first-order valence-electron chi connectivity index (χ1n) is 5.28. The van der Waals surface area contributed by atoms with Crippen molar-refractivity contribution in [2.24, 2.45) is 5.73 Å². The molecule has 0 heterocycles. The molecule has 0 aliphatic rings. The van der Waals surface area contributed by atoms with Crippen molar-refractivity contribution in [3.63, 3.8) is 0 Å². The number of hydrogen-bond acceptors (Lipinski definition) is 2. The fourth-order valence-corrected chi connectivity index (χ4v) is 1.91.